The van der Waals surface area contributed by atoms with Gasteiger partial charge in [-0.1, -0.05) is 13.8 Å². The second-order valence-corrected chi connectivity index (χ2v) is 5.71. The van der Waals surface area contributed by atoms with E-state index in [4.69, 9.17) is 0 Å². The summed E-state index contributed by atoms with van der Waals surface area (Å²) in [4.78, 5) is 34.8. The van der Waals surface area contributed by atoms with Crippen molar-refractivity contribution >= 4 is 17.5 Å². The number of hydrogen-bond acceptors (Lipinski definition) is 4. The van der Waals surface area contributed by atoms with Crippen LogP contribution in [0.15, 0.2) is 11.3 Å². The molecular weight excluding hydrogens is 246 g/mol. The number of aliphatic hydroxyl groups is 1. The van der Waals surface area contributed by atoms with E-state index in [2.05, 4.69) is 5.32 Å². The van der Waals surface area contributed by atoms with Crippen molar-refractivity contribution in [3.8, 4) is 0 Å². The Bertz CT molecular complexity index is 413. The monoisotopic (exact) mass is 267 g/mol. The molecule has 1 aliphatic carbocycles. The highest BCUT2D eigenvalue weighted by atomic mass is 16.3. The Morgan fingerprint density at radius 3 is 2.21 bits per heavy atom. The molecule has 0 spiro atoms. The number of allylic oxidation sites excluding steroid dienone is 2. The molecule has 106 valence electrons. The summed E-state index contributed by atoms with van der Waals surface area (Å²) in [6.45, 7) is 3.73. The second kappa shape index (κ2) is 5.99. The smallest absolute Gasteiger partial charge is 0.219 e. The fourth-order valence-corrected chi connectivity index (χ4v) is 2.25. The summed E-state index contributed by atoms with van der Waals surface area (Å²) in [5.41, 5.74) is -0.392. The topological polar surface area (TPSA) is 83.5 Å². The highest BCUT2D eigenvalue weighted by Gasteiger charge is 2.37. The zero-order chi connectivity index (χ0) is 14.6. The van der Waals surface area contributed by atoms with Crippen LogP contribution in [0.1, 0.15) is 46.0 Å². The van der Waals surface area contributed by atoms with Gasteiger partial charge in [-0.15, -0.1) is 0 Å². The Kier molecular flexibility index (Phi) is 4.86. The second-order valence-electron chi connectivity index (χ2n) is 5.71. The van der Waals surface area contributed by atoms with Crippen LogP contribution >= 0.6 is 0 Å². The lowest BCUT2D eigenvalue weighted by atomic mass is 9.73. The van der Waals surface area contributed by atoms with E-state index in [9.17, 15) is 19.5 Å². The maximum Gasteiger partial charge on any atom is 0.219 e. The van der Waals surface area contributed by atoms with Gasteiger partial charge in [-0.25, -0.2) is 0 Å². The average molecular weight is 267 g/mol. The van der Waals surface area contributed by atoms with Crippen LogP contribution in [0.3, 0.4) is 0 Å². The maximum atomic E-state index is 11.9. The number of nitrogens with one attached hydrogen (secondary N) is 1. The molecule has 0 atom stereocenters. The van der Waals surface area contributed by atoms with Crippen LogP contribution in [0.25, 0.3) is 0 Å². The van der Waals surface area contributed by atoms with Crippen molar-refractivity contribution in [2.45, 2.75) is 46.0 Å². The van der Waals surface area contributed by atoms with Crippen molar-refractivity contribution in [1.29, 1.82) is 0 Å². The van der Waals surface area contributed by atoms with E-state index in [0.717, 1.165) is 0 Å². The molecule has 5 nitrogen and oxygen atoms in total. The summed E-state index contributed by atoms with van der Waals surface area (Å²) in [5.74, 6) is -0.882. The predicted octanol–water partition coefficient (Wildman–Crippen LogP) is 1.67. The number of ketones is 2. The van der Waals surface area contributed by atoms with Gasteiger partial charge in [0.2, 0.25) is 5.91 Å². The molecule has 1 fully saturated rings. The molecule has 1 saturated carbocycles. The van der Waals surface area contributed by atoms with Crippen LogP contribution in [0, 0.1) is 5.41 Å². The minimum atomic E-state index is -0.333. The van der Waals surface area contributed by atoms with E-state index in [1.165, 1.54) is 7.05 Å². The van der Waals surface area contributed by atoms with E-state index in [1.807, 2.05) is 13.8 Å². The molecule has 5 heteroatoms. The van der Waals surface area contributed by atoms with Crippen molar-refractivity contribution in [2.75, 3.05) is 7.05 Å². The highest BCUT2D eigenvalue weighted by Crippen LogP contribution is 2.34. The third-order valence-electron chi connectivity index (χ3n) is 3.22. The van der Waals surface area contributed by atoms with Gasteiger partial charge < -0.3 is 10.4 Å². The summed E-state index contributed by atoms with van der Waals surface area (Å²) in [5, 5.41) is 12.4. The molecule has 1 aliphatic rings. The van der Waals surface area contributed by atoms with E-state index < -0.39 is 0 Å². The van der Waals surface area contributed by atoms with Gasteiger partial charge in [0.15, 0.2) is 11.6 Å². The van der Waals surface area contributed by atoms with Crippen LogP contribution in [0.4, 0.5) is 0 Å². The lowest BCUT2D eigenvalue weighted by Gasteiger charge is -2.28. The fourth-order valence-electron chi connectivity index (χ4n) is 2.25. The normalized spacial score (nSPS) is 18.4. The van der Waals surface area contributed by atoms with Crippen molar-refractivity contribution in [3.63, 3.8) is 0 Å². The Balaban J connectivity index is 2.71. The third kappa shape index (κ3) is 4.19. The molecule has 0 heterocycles. The molecule has 0 aromatic carbocycles. The van der Waals surface area contributed by atoms with Gasteiger partial charge in [-0.3, -0.25) is 14.4 Å². The van der Waals surface area contributed by atoms with Crippen molar-refractivity contribution in [2.24, 2.45) is 5.41 Å². The Labute approximate surface area is 113 Å². The first-order valence-electron chi connectivity index (χ1n) is 6.46. The summed E-state index contributed by atoms with van der Waals surface area (Å²) < 4.78 is 0. The SMILES string of the molecule is CNC(=O)CCCC(O)=C1C(=O)CC(C)(C)CC1=O. The van der Waals surface area contributed by atoms with Crippen LogP contribution < -0.4 is 5.32 Å². The Morgan fingerprint density at radius 1 is 1.21 bits per heavy atom. The fraction of sp³-hybridized carbons (Fsp3) is 0.643. The Hall–Kier alpha value is -1.65. The van der Waals surface area contributed by atoms with Crippen molar-refractivity contribution in [3.05, 3.63) is 11.3 Å². The van der Waals surface area contributed by atoms with Crippen molar-refractivity contribution < 1.29 is 19.5 Å². The van der Waals surface area contributed by atoms with Crippen LogP contribution in [0.2, 0.25) is 0 Å². The molecule has 1 rings (SSSR count). The van der Waals surface area contributed by atoms with Gasteiger partial charge >= 0.3 is 0 Å². The average Bonchev–Trinajstić information content (AvgIpc) is 2.25. The molecule has 1 amide bonds. The number of Topliss-reactive ketones (excluding diaryl/α,β-unsaturated/α-hetero) is 2. The Morgan fingerprint density at radius 2 is 1.74 bits per heavy atom. The summed E-state index contributed by atoms with van der Waals surface area (Å²) in [6.07, 6.45) is 1.41. The molecule has 2 N–H and O–H groups in total. The summed E-state index contributed by atoms with van der Waals surface area (Å²) in [6, 6.07) is 0. The maximum absolute atomic E-state index is 11.9. The number of carbonyl (C=O) groups is 3. The summed E-state index contributed by atoms with van der Waals surface area (Å²) in [7, 11) is 1.54. The standard InChI is InChI=1S/C14H21NO4/c1-14(2)7-10(17)13(11(18)8-14)9(16)5-4-6-12(19)15-3/h16H,4-8H2,1-3H3,(H,15,19). The number of hydrogen-bond donors (Lipinski definition) is 2. The number of aliphatic hydroxyl groups excluding tert-OH is 1. The molecule has 0 unspecified atom stereocenters. The molecule has 0 radical (unpaired) electrons. The van der Waals surface area contributed by atoms with E-state index >= 15 is 0 Å². The van der Waals surface area contributed by atoms with Gasteiger partial charge in [-0.05, 0) is 11.8 Å². The molecule has 0 aromatic rings. The van der Waals surface area contributed by atoms with E-state index in [-0.39, 0.29) is 59.9 Å². The predicted molar refractivity (Wildman–Crippen MR) is 70.6 cm³/mol. The minimum absolute atomic E-state index is 0.0590. The minimum Gasteiger partial charge on any atom is -0.511 e. The molecule has 0 aromatic heterocycles. The number of amides is 1. The van der Waals surface area contributed by atoms with Crippen LogP contribution in [0.5, 0.6) is 0 Å². The van der Waals surface area contributed by atoms with Crippen LogP contribution in [-0.4, -0.2) is 29.6 Å². The molecule has 19 heavy (non-hydrogen) atoms. The number of carbonyl (C=O) groups excluding carboxylic acids is 3. The lowest BCUT2D eigenvalue weighted by Crippen LogP contribution is -2.32. The van der Waals surface area contributed by atoms with Gasteiger partial charge in [0, 0.05) is 32.7 Å². The van der Waals surface area contributed by atoms with Crippen LogP contribution in [-0.2, 0) is 14.4 Å². The third-order valence-corrected chi connectivity index (χ3v) is 3.22. The summed E-state index contributed by atoms with van der Waals surface area (Å²) >= 11 is 0. The molecule has 0 saturated heterocycles. The lowest BCUT2D eigenvalue weighted by molar-refractivity contribution is -0.127. The molecular formula is C14H21NO4. The quantitative estimate of drug-likeness (QED) is 0.461. The first kappa shape index (κ1) is 15.4. The zero-order valence-electron chi connectivity index (χ0n) is 11.7. The highest BCUT2D eigenvalue weighted by molar-refractivity contribution is 6.22. The van der Waals surface area contributed by atoms with Gasteiger partial charge in [0.05, 0.1) is 5.57 Å². The van der Waals surface area contributed by atoms with E-state index in [1.54, 1.807) is 0 Å². The first-order chi connectivity index (χ1) is 8.76. The van der Waals surface area contributed by atoms with Gasteiger partial charge in [-0.2, -0.15) is 0 Å². The van der Waals surface area contributed by atoms with Crippen molar-refractivity contribution in [1.82, 2.24) is 5.32 Å². The largest absolute Gasteiger partial charge is 0.511 e. The van der Waals surface area contributed by atoms with Gasteiger partial charge in [0.25, 0.3) is 0 Å². The molecule has 0 aliphatic heterocycles. The number of rotatable bonds is 4. The van der Waals surface area contributed by atoms with E-state index in [0.29, 0.717) is 6.42 Å². The zero-order valence-corrected chi connectivity index (χ0v) is 11.7. The molecule has 0 bridgehead atoms. The first-order valence-corrected chi connectivity index (χ1v) is 6.46. The van der Waals surface area contributed by atoms with Gasteiger partial charge in [0.1, 0.15) is 5.76 Å².